The van der Waals surface area contributed by atoms with Crippen molar-refractivity contribution in [3.63, 3.8) is 0 Å². The van der Waals surface area contributed by atoms with Crippen LogP contribution in [0.25, 0.3) is 6.08 Å². The molecule has 2 aromatic rings. The van der Waals surface area contributed by atoms with E-state index in [1.54, 1.807) is 12.7 Å². The van der Waals surface area contributed by atoms with E-state index >= 15 is 0 Å². The number of allylic oxidation sites excluding steroid dienone is 1. The SMILES string of the molecule is CC=Cc1ccc(Cn2cncn2)cc1. The second-order valence-corrected chi connectivity index (χ2v) is 3.33. The molecule has 1 heterocycles. The van der Waals surface area contributed by atoms with E-state index in [-0.39, 0.29) is 0 Å². The highest BCUT2D eigenvalue weighted by molar-refractivity contribution is 5.49. The number of hydrogen-bond donors (Lipinski definition) is 0. The predicted molar refractivity (Wildman–Crippen MR) is 60.3 cm³/mol. The summed E-state index contributed by atoms with van der Waals surface area (Å²) >= 11 is 0. The highest BCUT2D eigenvalue weighted by Gasteiger charge is 1.94. The highest BCUT2D eigenvalue weighted by Crippen LogP contribution is 2.07. The highest BCUT2D eigenvalue weighted by atomic mass is 15.3. The number of aromatic nitrogens is 3. The Bertz CT molecular complexity index is 426. The van der Waals surface area contributed by atoms with Gasteiger partial charge in [0.15, 0.2) is 0 Å². The quantitative estimate of drug-likeness (QED) is 0.759. The fraction of sp³-hybridized carbons (Fsp3) is 0.167. The maximum atomic E-state index is 4.06. The number of hydrogen-bond acceptors (Lipinski definition) is 2. The molecule has 0 N–H and O–H groups in total. The van der Waals surface area contributed by atoms with Gasteiger partial charge in [0.1, 0.15) is 12.7 Å². The van der Waals surface area contributed by atoms with Gasteiger partial charge in [0.05, 0.1) is 6.54 Å². The van der Waals surface area contributed by atoms with Crippen molar-refractivity contribution in [2.75, 3.05) is 0 Å². The molecule has 3 nitrogen and oxygen atoms in total. The van der Waals surface area contributed by atoms with Crippen molar-refractivity contribution < 1.29 is 0 Å². The zero-order chi connectivity index (χ0) is 10.5. The Hall–Kier alpha value is -1.90. The maximum Gasteiger partial charge on any atom is 0.137 e. The lowest BCUT2D eigenvalue weighted by Crippen LogP contribution is -1.99. The molecule has 3 heteroatoms. The summed E-state index contributed by atoms with van der Waals surface area (Å²) in [6, 6.07) is 8.42. The summed E-state index contributed by atoms with van der Waals surface area (Å²) in [5.41, 5.74) is 2.45. The monoisotopic (exact) mass is 199 g/mol. The smallest absolute Gasteiger partial charge is 0.137 e. The van der Waals surface area contributed by atoms with Gasteiger partial charge in [-0.1, -0.05) is 36.4 Å². The molecule has 0 saturated heterocycles. The fourth-order valence-corrected chi connectivity index (χ4v) is 1.43. The van der Waals surface area contributed by atoms with Crippen LogP contribution in [-0.2, 0) is 6.54 Å². The lowest BCUT2D eigenvalue weighted by molar-refractivity contribution is 0.685. The molecule has 0 amide bonds. The molecule has 0 saturated carbocycles. The molecule has 1 aromatic carbocycles. The molecule has 1 aromatic heterocycles. The van der Waals surface area contributed by atoms with Gasteiger partial charge in [-0.15, -0.1) is 0 Å². The molecule has 76 valence electrons. The summed E-state index contributed by atoms with van der Waals surface area (Å²) in [7, 11) is 0. The van der Waals surface area contributed by atoms with Crippen LogP contribution in [0.2, 0.25) is 0 Å². The van der Waals surface area contributed by atoms with Gasteiger partial charge in [0.2, 0.25) is 0 Å². The average Bonchev–Trinajstić information content (AvgIpc) is 2.74. The summed E-state index contributed by atoms with van der Waals surface area (Å²) in [4.78, 5) is 3.91. The zero-order valence-corrected chi connectivity index (χ0v) is 8.67. The zero-order valence-electron chi connectivity index (χ0n) is 8.67. The first-order valence-electron chi connectivity index (χ1n) is 4.92. The lowest BCUT2D eigenvalue weighted by atomic mass is 10.1. The molecule has 0 radical (unpaired) electrons. The molecule has 0 unspecified atom stereocenters. The third-order valence-electron chi connectivity index (χ3n) is 2.15. The van der Waals surface area contributed by atoms with Gasteiger partial charge in [0.25, 0.3) is 0 Å². The van der Waals surface area contributed by atoms with Crippen molar-refractivity contribution in [2.24, 2.45) is 0 Å². The van der Waals surface area contributed by atoms with Crippen LogP contribution in [-0.4, -0.2) is 14.8 Å². The molecular weight excluding hydrogens is 186 g/mol. The van der Waals surface area contributed by atoms with Crippen LogP contribution in [0.3, 0.4) is 0 Å². The van der Waals surface area contributed by atoms with E-state index in [0.717, 1.165) is 6.54 Å². The Balaban J connectivity index is 2.10. The molecule has 2 rings (SSSR count). The van der Waals surface area contributed by atoms with Crippen LogP contribution >= 0.6 is 0 Å². The lowest BCUT2D eigenvalue weighted by Gasteiger charge is -2.01. The minimum absolute atomic E-state index is 0.774. The molecule has 0 atom stereocenters. The Kier molecular flexibility index (Phi) is 2.93. The Morgan fingerprint density at radius 3 is 2.67 bits per heavy atom. The van der Waals surface area contributed by atoms with E-state index in [9.17, 15) is 0 Å². The first-order valence-corrected chi connectivity index (χ1v) is 4.92. The van der Waals surface area contributed by atoms with Gasteiger partial charge in [-0.2, -0.15) is 5.10 Å². The first kappa shape index (κ1) is 9.65. The van der Waals surface area contributed by atoms with Gasteiger partial charge < -0.3 is 0 Å². The van der Waals surface area contributed by atoms with Crippen molar-refractivity contribution in [2.45, 2.75) is 13.5 Å². The predicted octanol–water partition coefficient (Wildman–Crippen LogP) is 2.36. The van der Waals surface area contributed by atoms with Crippen molar-refractivity contribution >= 4 is 6.08 Å². The molecule has 15 heavy (non-hydrogen) atoms. The largest absolute Gasteiger partial charge is 0.249 e. The standard InChI is InChI=1S/C12H13N3/c1-2-3-11-4-6-12(7-5-11)8-15-10-13-9-14-15/h2-7,9-10H,8H2,1H3. The van der Waals surface area contributed by atoms with Crippen LogP contribution in [0.5, 0.6) is 0 Å². The second-order valence-electron chi connectivity index (χ2n) is 3.33. The van der Waals surface area contributed by atoms with Crippen molar-refractivity contribution in [3.8, 4) is 0 Å². The molecule has 0 aliphatic rings. The van der Waals surface area contributed by atoms with Crippen molar-refractivity contribution in [1.82, 2.24) is 14.8 Å². The van der Waals surface area contributed by atoms with Gasteiger partial charge >= 0.3 is 0 Å². The molecule has 0 spiro atoms. The average molecular weight is 199 g/mol. The topological polar surface area (TPSA) is 30.7 Å². The van der Waals surface area contributed by atoms with Crippen LogP contribution in [0, 0.1) is 0 Å². The van der Waals surface area contributed by atoms with E-state index in [2.05, 4.69) is 40.4 Å². The van der Waals surface area contributed by atoms with E-state index in [1.165, 1.54) is 11.1 Å². The van der Waals surface area contributed by atoms with Gasteiger partial charge in [-0.25, -0.2) is 9.67 Å². The number of rotatable bonds is 3. The number of benzene rings is 1. The second kappa shape index (κ2) is 4.55. The Morgan fingerprint density at radius 1 is 1.27 bits per heavy atom. The van der Waals surface area contributed by atoms with Gasteiger partial charge in [-0.3, -0.25) is 0 Å². The van der Waals surface area contributed by atoms with E-state index in [4.69, 9.17) is 0 Å². The maximum absolute atomic E-state index is 4.06. The minimum Gasteiger partial charge on any atom is -0.249 e. The Labute approximate surface area is 89.1 Å². The third kappa shape index (κ3) is 2.53. The summed E-state index contributed by atoms with van der Waals surface area (Å²) in [5.74, 6) is 0. The van der Waals surface area contributed by atoms with Crippen LogP contribution in [0.1, 0.15) is 18.1 Å². The van der Waals surface area contributed by atoms with Crippen molar-refractivity contribution in [1.29, 1.82) is 0 Å². The molecule has 0 aliphatic carbocycles. The van der Waals surface area contributed by atoms with Gasteiger partial charge in [0, 0.05) is 0 Å². The van der Waals surface area contributed by atoms with Crippen LogP contribution in [0.4, 0.5) is 0 Å². The third-order valence-corrected chi connectivity index (χ3v) is 2.15. The fourth-order valence-electron chi connectivity index (χ4n) is 1.43. The summed E-state index contributed by atoms with van der Waals surface area (Å²) in [6.45, 7) is 2.79. The van der Waals surface area contributed by atoms with E-state index in [1.807, 2.05) is 17.7 Å². The van der Waals surface area contributed by atoms with E-state index in [0.29, 0.717) is 0 Å². The Morgan fingerprint density at radius 2 is 2.07 bits per heavy atom. The first-order chi connectivity index (χ1) is 7.38. The molecular formula is C12H13N3. The molecule has 0 fully saturated rings. The minimum atomic E-state index is 0.774. The van der Waals surface area contributed by atoms with Crippen LogP contribution < -0.4 is 0 Å². The normalized spacial score (nSPS) is 11.0. The van der Waals surface area contributed by atoms with E-state index < -0.39 is 0 Å². The molecule has 0 aliphatic heterocycles. The summed E-state index contributed by atoms with van der Waals surface area (Å²) in [6.07, 6.45) is 7.39. The van der Waals surface area contributed by atoms with Gasteiger partial charge in [-0.05, 0) is 18.1 Å². The molecule has 0 bridgehead atoms. The van der Waals surface area contributed by atoms with Crippen LogP contribution in [0.15, 0.2) is 43.0 Å². The van der Waals surface area contributed by atoms with Crippen molar-refractivity contribution in [3.05, 3.63) is 54.1 Å². The summed E-state index contributed by atoms with van der Waals surface area (Å²) in [5, 5.41) is 4.06. The number of nitrogens with zero attached hydrogens (tertiary/aromatic N) is 3. The summed E-state index contributed by atoms with van der Waals surface area (Å²) < 4.78 is 1.81.